The molecule has 0 saturated heterocycles. The quantitative estimate of drug-likeness (QED) is 0.563. The third-order valence-corrected chi connectivity index (χ3v) is 3.79. The lowest BCUT2D eigenvalue weighted by atomic mass is 9.89. The van der Waals surface area contributed by atoms with Crippen LogP contribution in [0.15, 0.2) is 0 Å². The number of hydrogen-bond acceptors (Lipinski definition) is 4. The van der Waals surface area contributed by atoms with Gasteiger partial charge in [-0.2, -0.15) is 0 Å². The van der Waals surface area contributed by atoms with Crippen LogP contribution in [0.1, 0.15) is 30.3 Å². The van der Waals surface area contributed by atoms with Gasteiger partial charge in [0.25, 0.3) is 0 Å². The zero-order chi connectivity index (χ0) is 9.26. The van der Waals surface area contributed by atoms with Gasteiger partial charge in [0.1, 0.15) is 0 Å². The van der Waals surface area contributed by atoms with Gasteiger partial charge in [-0.1, -0.05) is 13.3 Å². The molecule has 0 aromatic carbocycles. The third-order valence-electron chi connectivity index (χ3n) is 2.74. The average molecular weight is 197 g/mol. The number of rotatable bonds is 2. The molecule has 3 N–H and O–H groups in total. The highest BCUT2D eigenvalue weighted by atomic mass is 32.1. The van der Waals surface area contributed by atoms with Crippen LogP contribution in [-0.4, -0.2) is 4.98 Å². The molecule has 2 rings (SSSR count). The van der Waals surface area contributed by atoms with Crippen molar-refractivity contribution in [3.8, 4) is 0 Å². The molecule has 0 radical (unpaired) electrons. The zero-order valence-electron chi connectivity index (χ0n) is 7.84. The zero-order valence-corrected chi connectivity index (χ0v) is 8.66. The molecule has 0 amide bonds. The number of aromatic nitrogens is 1. The maximum Gasteiger partial charge on any atom is 0.197 e. The molecule has 1 aromatic heterocycles. The van der Waals surface area contributed by atoms with Gasteiger partial charge >= 0.3 is 0 Å². The molecule has 1 atom stereocenters. The summed E-state index contributed by atoms with van der Waals surface area (Å²) in [7, 11) is 0. The van der Waals surface area contributed by atoms with Crippen LogP contribution in [0.3, 0.4) is 0 Å². The van der Waals surface area contributed by atoms with Crippen molar-refractivity contribution in [3.05, 3.63) is 10.6 Å². The van der Waals surface area contributed by atoms with Gasteiger partial charge in [-0.25, -0.2) is 10.8 Å². The van der Waals surface area contributed by atoms with Crippen molar-refractivity contribution in [2.24, 2.45) is 11.8 Å². The smallest absolute Gasteiger partial charge is 0.197 e. The first-order chi connectivity index (χ1) is 6.33. The molecular formula is C9H15N3S. The molecule has 1 aromatic rings. The van der Waals surface area contributed by atoms with Crippen LogP contribution in [0, 0.1) is 5.92 Å². The molecule has 13 heavy (non-hydrogen) atoms. The molecule has 0 spiro atoms. The number of nitrogens with one attached hydrogen (secondary N) is 1. The summed E-state index contributed by atoms with van der Waals surface area (Å²) >= 11 is 1.71. The lowest BCUT2D eigenvalue weighted by Crippen LogP contribution is -2.11. The molecule has 0 aliphatic heterocycles. The molecule has 3 nitrogen and oxygen atoms in total. The van der Waals surface area contributed by atoms with E-state index in [0.717, 1.165) is 17.5 Å². The minimum atomic E-state index is 0.860. The summed E-state index contributed by atoms with van der Waals surface area (Å²) in [5, 5.41) is 0.863. The highest BCUT2D eigenvalue weighted by Gasteiger charge is 2.20. The Morgan fingerprint density at radius 3 is 3.23 bits per heavy atom. The molecule has 1 unspecified atom stereocenters. The van der Waals surface area contributed by atoms with E-state index >= 15 is 0 Å². The van der Waals surface area contributed by atoms with Gasteiger partial charge < -0.3 is 0 Å². The molecular weight excluding hydrogens is 182 g/mol. The second kappa shape index (κ2) is 3.64. The highest BCUT2D eigenvalue weighted by Crippen LogP contribution is 2.32. The van der Waals surface area contributed by atoms with Crippen molar-refractivity contribution in [1.29, 1.82) is 0 Å². The Labute approximate surface area is 82.3 Å². The normalized spacial score (nSPS) is 21.2. The topological polar surface area (TPSA) is 50.9 Å². The fourth-order valence-corrected chi connectivity index (χ4v) is 2.89. The molecule has 0 fully saturated rings. The van der Waals surface area contributed by atoms with Gasteiger partial charge in [-0.15, -0.1) is 11.3 Å². The van der Waals surface area contributed by atoms with E-state index in [2.05, 4.69) is 17.3 Å². The van der Waals surface area contributed by atoms with E-state index in [-0.39, 0.29) is 0 Å². The number of hydrazine groups is 1. The predicted octanol–water partition coefficient (Wildman–Crippen LogP) is 1.94. The lowest BCUT2D eigenvalue weighted by Gasteiger charge is -2.18. The van der Waals surface area contributed by atoms with Gasteiger partial charge in [0, 0.05) is 4.88 Å². The summed E-state index contributed by atoms with van der Waals surface area (Å²) in [5.74, 6) is 6.19. The fourth-order valence-electron chi connectivity index (χ4n) is 1.85. The molecule has 72 valence electrons. The Hall–Kier alpha value is -0.610. The largest absolute Gasteiger partial charge is 0.300 e. The summed E-state index contributed by atoms with van der Waals surface area (Å²) in [4.78, 5) is 5.86. The van der Waals surface area contributed by atoms with E-state index in [1.807, 2.05) is 0 Å². The van der Waals surface area contributed by atoms with E-state index < -0.39 is 0 Å². The first-order valence-corrected chi connectivity index (χ1v) is 5.60. The minimum absolute atomic E-state index is 0.860. The fraction of sp³-hybridized carbons (Fsp3) is 0.667. The van der Waals surface area contributed by atoms with Crippen molar-refractivity contribution >= 4 is 16.5 Å². The number of nitrogen functional groups attached to an aromatic ring is 1. The molecule has 4 heteroatoms. The van der Waals surface area contributed by atoms with Crippen LogP contribution >= 0.6 is 11.3 Å². The van der Waals surface area contributed by atoms with Crippen LogP contribution < -0.4 is 11.3 Å². The van der Waals surface area contributed by atoms with Crippen LogP contribution in [0.4, 0.5) is 5.13 Å². The number of anilines is 1. The molecule has 0 saturated carbocycles. The number of hydrogen-bond donors (Lipinski definition) is 2. The molecule has 1 heterocycles. The van der Waals surface area contributed by atoms with E-state index in [9.17, 15) is 0 Å². The van der Waals surface area contributed by atoms with Gasteiger partial charge in [-0.3, -0.25) is 5.43 Å². The SMILES string of the molecule is CCC1CCc2nc(NN)sc2C1. The molecule has 0 bridgehead atoms. The van der Waals surface area contributed by atoms with E-state index in [0.29, 0.717) is 0 Å². The number of aryl methyl sites for hydroxylation is 1. The van der Waals surface area contributed by atoms with Crippen molar-refractivity contribution in [1.82, 2.24) is 4.98 Å². The Bertz CT molecular complexity index is 295. The molecule has 1 aliphatic carbocycles. The van der Waals surface area contributed by atoms with E-state index in [4.69, 9.17) is 5.84 Å². The summed E-state index contributed by atoms with van der Waals surface area (Å²) in [6, 6.07) is 0. The van der Waals surface area contributed by atoms with Gasteiger partial charge in [0.05, 0.1) is 5.69 Å². The van der Waals surface area contributed by atoms with Crippen LogP contribution in [0.5, 0.6) is 0 Å². The third kappa shape index (κ3) is 1.69. The van der Waals surface area contributed by atoms with Crippen molar-refractivity contribution < 1.29 is 0 Å². The molecule has 1 aliphatic rings. The van der Waals surface area contributed by atoms with Gasteiger partial charge in [0.15, 0.2) is 5.13 Å². The van der Waals surface area contributed by atoms with Gasteiger partial charge in [0.2, 0.25) is 0 Å². The Morgan fingerprint density at radius 2 is 2.54 bits per heavy atom. The van der Waals surface area contributed by atoms with Crippen LogP contribution in [0.25, 0.3) is 0 Å². The van der Waals surface area contributed by atoms with E-state index in [1.165, 1.54) is 29.8 Å². The number of nitrogens with zero attached hydrogens (tertiary/aromatic N) is 1. The Balaban J connectivity index is 2.19. The first-order valence-electron chi connectivity index (χ1n) is 4.78. The summed E-state index contributed by atoms with van der Waals surface area (Å²) in [6.45, 7) is 2.26. The maximum atomic E-state index is 5.33. The van der Waals surface area contributed by atoms with Gasteiger partial charge in [-0.05, 0) is 25.2 Å². The van der Waals surface area contributed by atoms with E-state index in [1.54, 1.807) is 11.3 Å². The monoisotopic (exact) mass is 197 g/mol. The van der Waals surface area contributed by atoms with Crippen LogP contribution in [0.2, 0.25) is 0 Å². The second-order valence-electron chi connectivity index (χ2n) is 3.55. The second-order valence-corrected chi connectivity index (χ2v) is 4.63. The Kier molecular flexibility index (Phi) is 2.51. The summed E-state index contributed by atoms with van der Waals surface area (Å²) in [5.41, 5.74) is 3.89. The maximum absolute atomic E-state index is 5.33. The number of fused-ring (bicyclic) bond motifs is 1. The highest BCUT2D eigenvalue weighted by molar-refractivity contribution is 7.15. The predicted molar refractivity (Wildman–Crippen MR) is 55.7 cm³/mol. The Morgan fingerprint density at radius 1 is 1.69 bits per heavy atom. The average Bonchev–Trinajstić information content (AvgIpc) is 2.58. The standard InChI is InChI=1S/C9H15N3S/c1-2-6-3-4-7-8(5-6)13-9(11-7)12-10/h6H,2-5,10H2,1H3,(H,11,12). The van der Waals surface area contributed by atoms with Crippen molar-refractivity contribution in [3.63, 3.8) is 0 Å². The lowest BCUT2D eigenvalue weighted by molar-refractivity contribution is 0.446. The van der Waals surface area contributed by atoms with Crippen LogP contribution in [-0.2, 0) is 12.8 Å². The summed E-state index contributed by atoms with van der Waals surface area (Å²) < 4.78 is 0. The number of thiazole rings is 1. The number of nitrogens with two attached hydrogens (primary N) is 1. The summed E-state index contributed by atoms with van der Waals surface area (Å²) in [6.07, 6.45) is 4.90. The first kappa shape index (κ1) is 8.97. The van der Waals surface area contributed by atoms with Crippen molar-refractivity contribution in [2.45, 2.75) is 32.6 Å². The minimum Gasteiger partial charge on any atom is -0.300 e. The van der Waals surface area contributed by atoms with Crippen molar-refractivity contribution in [2.75, 3.05) is 5.43 Å².